The number of fused-ring (bicyclic) bond motifs is 1. The van der Waals surface area contributed by atoms with Crippen molar-refractivity contribution in [1.82, 2.24) is 15.1 Å². The second-order valence-electron chi connectivity index (χ2n) is 8.35. The lowest BCUT2D eigenvalue weighted by molar-refractivity contribution is 0.200. The Morgan fingerprint density at radius 2 is 1.53 bits per heavy atom. The van der Waals surface area contributed by atoms with Gasteiger partial charge in [0.25, 0.3) is 0 Å². The van der Waals surface area contributed by atoms with Crippen LogP contribution in [0.3, 0.4) is 0 Å². The molecule has 2 heterocycles. The molecular weight excluding hydrogens is 436 g/mol. The molecule has 0 saturated carbocycles. The number of benzene rings is 3. The van der Waals surface area contributed by atoms with E-state index in [9.17, 15) is 13.6 Å². The number of anilines is 2. The molecular formula is C26H23F2N5O. The van der Waals surface area contributed by atoms with E-state index in [0.717, 1.165) is 22.2 Å². The van der Waals surface area contributed by atoms with Crippen molar-refractivity contribution < 1.29 is 13.6 Å². The molecule has 6 nitrogen and oxygen atoms in total. The number of carbonyl (C=O) groups excluding carboxylic acids is 1. The quantitative estimate of drug-likeness (QED) is 0.451. The van der Waals surface area contributed by atoms with Crippen molar-refractivity contribution in [1.29, 1.82) is 0 Å². The van der Waals surface area contributed by atoms with Crippen molar-refractivity contribution in [2.45, 2.75) is 13.0 Å². The number of hydrogen-bond acceptors (Lipinski definition) is 4. The average Bonchev–Trinajstić information content (AvgIpc) is 2.85. The zero-order valence-electron chi connectivity index (χ0n) is 18.6. The van der Waals surface area contributed by atoms with Crippen LogP contribution in [0.5, 0.6) is 0 Å². The topological polar surface area (TPSA) is 61.4 Å². The van der Waals surface area contributed by atoms with Crippen molar-refractivity contribution in [3.05, 3.63) is 84.4 Å². The van der Waals surface area contributed by atoms with E-state index in [-0.39, 0.29) is 23.7 Å². The van der Waals surface area contributed by atoms with Crippen molar-refractivity contribution >= 4 is 28.3 Å². The molecule has 1 fully saturated rings. The fraction of sp³-hybridized carbons (Fsp3) is 0.192. The fourth-order valence-corrected chi connectivity index (χ4v) is 4.32. The summed E-state index contributed by atoms with van der Waals surface area (Å²) in [4.78, 5) is 16.6. The van der Waals surface area contributed by atoms with Gasteiger partial charge in [0.15, 0.2) is 5.82 Å². The van der Waals surface area contributed by atoms with Gasteiger partial charge in [-0.15, -0.1) is 10.2 Å². The van der Waals surface area contributed by atoms with Crippen LogP contribution in [-0.2, 0) is 0 Å². The van der Waals surface area contributed by atoms with Crippen LogP contribution in [0, 0.1) is 11.6 Å². The largest absolute Gasteiger partial charge is 0.348 e. The van der Waals surface area contributed by atoms with Crippen molar-refractivity contribution in [2.75, 3.05) is 29.9 Å². The number of nitrogens with one attached hydrogen (secondary N) is 1. The number of urea groups is 1. The highest BCUT2D eigenvalue weighted by Gasteiger charge is 2.29. The summed E-state index contributed by atoms with van der Waals surface area (Å²) in [5, 5.41) is 13.8. The Kier molecular flexibility index (Phi) is 5.79. The second-order valence-corrected chi connectivity index (χ2v) is 8.35. The van der Waals surface area contributed by atoms with Crippen molar-refractivity contribution in [3.63, 3.8) is 0 Å². The monoisotopic (exact) mass is 459 g/mol. The molecule has 1 N–H and O–H groups in total. The zero-order valence-corrected chi connectivity index (χ0v) is 18.6. The maximum atomic E-state index is 13.4. The summed E-state index contributed by atoms with van der Waals surface area (Å²) in [6.45, 7) is 3.64. The molecule has 4 aromatic rings. The van der Waals surface area contributed by atoms with Gasteiger partial charge in [0.05, 0.1) is 0 Å². The summed E-state index contributed by atoms with van der Waals surface area (Å²) >= 11 is 0. The number of aromatic nitrogens is 2. The third kappa shape index (κ3) is 4.26. The molecule has 8 heteroatoms. The molecule has 2 amide bonds. The fourth-order valence-electron chi connectivity index (χ4n) is 4.32. The summed E-state index contributed by atoms with van der Waals surface area (Å²) in [6.07, 6.45) is 0. The lowest BCUT2D eigenvalue weighted by Crippen LogP contribution is -2.55. The van der Waals surface area contributed by atoms with E-state index in [2.05, 4.69) is 20.4 Å². The molecule has 0 unspecified atom stereocenters. The van der Waals surface area contributed by atoms with Gasteiger partial charge in [0.1, 0.15) is 17.3 Å². The van der Waals surface area contributed by atoms with Gasteiger partial charge in [-0.1, -0.05) is 24.3 Å². The van der Waals surface area contributed by atoms with Crippen LogP contribution in [0.1, 0.15) is 6.92 Å². The average molecular weight is 460 g/mol. The number of halogens is 2. The molecule has 1 aliphatic heterocycles. The molecule has 5 rings (SSSR count). The Morgan fingerprint density at radius 1 is 0.882 bits per heavy atom. The van der Waals surface area contributed by atoms with Gasteiger partial charge in [0, 0.05) is 47.7 Å². The van der Waals surface area contributed by atoms with E-state index < -0.39 is 0 Å². The van der Waals surface area contributed by atoms with Crippen molar-refractivity contribution in [3.8, 4) is 11.3 Å². The van der Waals surface area contributed by atoms with Crippen LogP contribution in [0.4, 0.5) is 25.1 Å². The molecule has 1 atom stereocenters. The first-order chi connectivity index (χ1) is 16.5. The van der Waals surface area contributed by atoms with Crippen LogP contribution in [-0.4, -0.2) is 46.8 Å². The van der Waals surface area contributed by atoms with E-state index in [1.807, 2.05) is 31.2 Å². The number of rotatable bonds is 3. The summed E-state index contributed by atoms with van der Waals surface area (Å²) in [7, 11) is 0. The van der Waals surface area contributed by atoms with Gasteiger partial charge in [-0.05, 0) is 55.5 Å². The molecule has 3 aromatic carbocycles. The Hall–Kier alpha value is -4.07. The van der Waals surface area contributed by atoms with Crippen LogP contribution in [0.15, 0.2) is 72.8 Å². The molecule has 34 heavy (non-hydrogen) atoms. The number of nitrogens with zero attached hydrogens (tertiary/aromatic N) is 4. The third-order valence-electron chi connectivity index (χ3n) is 6.07. The molecule has 1 saturated heterocycles. The number of piperazine rings is 1. The van der Waals surface area contributed by atoms with Crippen LogP contribution in [0.25, 0.3) is 22.0 Å². The van der Waals surface area contributed by atoms with Gasteiger partial charge in [0.2, 0.25) is 0 Å². The molecule has 0 bridgehead atoms. The van der Waals surface area contributed by atoms with E-state index in [1.165, 1.54) is 36.4 Å². The minimum absolute atomic E-state index is 0.00194. The molecule has 172 valence electrons. The van der Waals surface area contributed by atoms with E-state index in [0.29, 0.717) is 31.0 Å². The smallest absolute Gasteiger partial charge is 0.321 e. The van der Waals surface area contributed by atoms with Gasteiger partial charge < -0.3 is 15.1 Å². The highest BCUT2D eigenvalue weighted by atomic mass is 19.1. The molecule has 0 spiro atoms. The Morgan fingerprint density at radius 3 is 2.21 bits per heavy atom. The van der Waals surface area contributed by atoms with Gasteiger partial charge in [-0.3, -0.25) is 0 Å². The highest BCUT2D eigenvalue weighted by Crippen LogP contribution is 2.33. The summed E-state index contributed by atoms with van der Waals surface area (Å²) < 4.78 is 26.5. The number of hydrogen-bond donors (Lipinski definition) is 1. The van der Waals surface area contributed by atoms with Crippen LogP contribution < -0.4 is 10.2 Å². The van der Waals surface area contributed by atoms with E-state index in [4.69, 9.17) is 0 Å². The predicted molar refractivity (Wildman–Crippen MR) is 129 cm³/mol. The van der Waals surface area contributed by atoms with Gasteiger partial charge >= 0.3 is 6.03 Å². The first-order valence-electron chi connectivity index (χ1n) is 11.1. The van der Waals surface area contributed by atoms with Gasteiger partial charge in [-0.25, -0.2) is 13.6 Å². The standard InChI is InChI=1S/C26H23F2N5O/c1-17-16-32(26(34)29-21-12-10-20(28)11-13-21)14-15-33(17)25-23-5-3-2-4-22(23)24(30-31-25)18-6-8-19(27)9-7-18/h2-13,17H,14-16H2,1H3,(H,29,34)/t17-/m1/s1. The minimum atomic E-state index is -0.348. The number of carbonyl (C=O) groups is 1. The van der Waals surface area contributed by atoms with Crippen LogP contribution >= 0.6 is 0 Å². The Bertz CT molecular complexity index is 1330. The van der Waals surface area contributed by atoms with E-state index >= 15 is 0 Å². The van der Waals surface area contributed by atoms with E-state index in [1.54, 1.807) is 17.0 Å². The van der Waals surface area contributed by atoms with Gasteiger partial charge in [-0.2, -0.15) is 0 Å². The van der Waals surface area contributed by atoms with Crippen LogP contribution in [0.2, 0.25) is 0 Å². The Labute approximate surface area is 195 Å². The number of amides is 2. The zero-order chi connectivity index (χ0) is 23.7. The molecule has 1 aromatic heterocycles. The lowest BCUT2D eigenvalue weighted by Gasteiger charge is -2.40. The summed E-state index contributed by atoms with van der Waals surface area (Å²) in [5.41, 5.74) is 2.05. The third-order valence-corrected chi connectivity index (χ3v) is 6.07. The maximum Gasteiger partial charge on any atom is 0.321 e. The molecule has 0 radical (unpaired) electrons. The maximum absolute atomic E-state index is 13.4. The Balaban J connectivity index is 1.37. The summed E-state index contributed by atoms with van der Waals surface area (Å²) in [6, 6.07) is 19.6. The molecule has 1 aliphatic rings. The second kappa shape index (κ2) is 9.05. The van der Waals surface area contributed by atoms with Crippen molar-refractivity contribution in [2.24, 2.45) is 0 Å². The first kappa shape index (κ1) is 21.8. The predicted octanol–water partition coefficient (Wildman–Crippen LogP) is 5.32. The minimum Gasteiger partial charge on any atom is -0.348 e. The summed E-state index contributed by atoms with van der Waals surface area (Å²) in [5.74, 6) is 0.111. The normalized spacial score (nSPS) is 16.0. The molecule has 0 aliphatic carbocycles. The highest BCUT2D eigenvalue weighted by molar-refractivity contribution is 6.00. The SMILES string of the molecule is C[C@@H]1CN(C(=O)Nc2ccc(F)cc2)CCN1c1nnc(-c2ccc(F)cc2)c2ccccc12. The first-order valence-corrected chi connectivity index (χ1v) is 11.1. The lowest BCUT2D eigenvalue weighted by atomic mass is 10.0.